The van der Waals surface area contributed by atoms with Crippen LogP contribution in [0.5, 0.6) is 0 Å². The first kappa shape index (κ1) is 15.0. The van der Waals surface area contributed by atoms with E-state index >= 15 is 0 Å². The van der Waals surface area contributed by atoms with Gasteiger partial charge in [0.25, 0.3) is 0 Å². The molecule has 1 unspecified atom stereocenters. The lowest BCUT2D eigenvalue weighted by Crippen LogP contribution is -2.30. The van der Waals surface area contributed by atoms with Crippen LogP contribution in [0.2, 0.25) is 0 Å². The molecular formula is C15H19N3OS2. The second-order valence-corrected chi connectivity index (χ2v) is 7.05. The molecule has 4 nitrogen and oxygen atoms in total. The first-order valence-electron chi connectivity index (χ1n) is 7.04. The summed E-state index contributed by atoms with van der Waals surface area (Å²) >= 11 is 3.45. The van der Waals surface area contributed by atoms with Crippen LogP contribution in [-0.4, -0.2) is 35.6 Å². The Morgan fingerprint density at radius 2 is 2.19 bits per heavy atom. The minimum atomic E-state index is 0.0335. The van der Waals surface area contributed by atoms with Crippen LogP contribution in [0.25, 0.3) is 10.6 Å². The molecular weight excluding hydrogens is 302 g/mol. The molecule has 0 bridgehead atoms. The number of ether oxygens (including phenoxy) is 1. The summed E-state index contributed by atoms with van der Waals surface area (Å²) in [5.41, 5.74) is 8.34. The van der Waals surface area contributed by atoms with Crippen molar-refractivity contribution in [2.45, 2.75) is 17.9 Å². The molecule has 0 saturated carbocycles. The Morgan fingerprint density at radius 1 is 1.38 bits per heavy atom. The predicted molar refractivity (Wildman–Crippen MR) is 88.4 cm³/mol. The molecule has 1 aliphatic heterocycles. The molecule has 2 aromatic rings. The van der Waals surface area contributed by atoms with Gasteiger partial charge in [-0.1, -0.05) is 6.07 Å². The molecule has 1 saturated heterocycles. The first-order chi connectivity index (χ1) is 10.2. The summed E-state index contributed by atoms with van der Waals surface area (Å²) in [6.45, 7) is 5.53. The summed E-state index contributed by atoms with van der Waals surface area (Å²) in [5, 5.41) is 3.06. The molecule has 3 rings (SSSR count). The van der Waals surface area contributed by atoms with Gasteiger partial charge in [-0.15, -0.1) is 11.3 Å². The first-order valence-corrected chi connectivity index (χ1v) is 8.69. The average molecular weight is 321 g/mol. The van der Waals surface area contributed by atoms with E-state index in [1.165, 1.54) is 10.5 Å². The van der Waals surface area contributed by atoms with Crippen LogP contribution in [-0.2, 0) is 4.74 Å². The third kappa shape index (κ3) is 3.64. The van der Waals surface area contributed by atoms with Gasteiger partial charge < -0.3 is 10.5 Å². The maximum Gasteiger partial charge on any atom is 0.124 e. The van der Waals surface area contributed by atoms with Crippen molar-refractivity contribution in [1.82, 2.24) is 9.29 Å². The summed E-state index contributed by atoms with van der Waals surface area (Å²) in [6.07, 6.45) is 1.85. The fourth-order valence-corrected chi connectivity index (χ4v) is 3.94. The van der Waals surface area contributed by atoms with Crippen LogP contribution < -0.4 is 5.73 Å². The zero-order chi connectivity index (χ0) is 14.7. The van der Waals surface area contributed by atoms with Gasteiger partial charge in [0, 0.05) is 41.2 Å². The van der Waals surface area contributed by atoms with Crippen LogP contribution in [0, 0.1) is 0 Å². The van der Waals surface area contributed by atoms with Crippen molar-refractivity contribution in [3.8, 4) is 10.6 Å². The number of morpholine rings is 1. The Balaban J connectivity index is 1.91. The normalized spacial score (nSPS) is 17.8. The number of rotatable bonds is 4. The molecule has 1 fully saturated rings. The van der Waals surface area contributed by atoms with Crippen LogP contribution in [0.4, 0.5) is 0 Å². The van der Waals surface area contributed by atoms with E-state index in [1.807, 2.05) is 18.5 Å². The van der Waals surface area contributed by atoms with E-state index in [1.54, 1.807) is 23.3 Å². The minimum absolute atomic E-state index is 0.0335. The van der Waals surface area contributed by atoms with Crippen molar-refractivity contribution in [3.05, 3.63) is 35.3 Å². The van der Waals surface area contributed by atoms with Crippen molar-refractivity contribution in [2.75, 3.05) is 26.3 Å². The zero-order valence-electron chi connectivity index (χ0n) is 12.0. The molecule has 1 aromatic heterocycles. The quantitative estimate of drug-likeness (QED) is 0.877. The van der Waals surface area contributed by atoms with Crippen molar-refractivity contribution >= 4 is 23.3 Å². The van der Waals surface area contributed by atoms with E-state index in [9.17, 15) is 0 Å². The van der Waals surface area contributed by atoms with E-state index in [4.69, 9.17) is 10.5 Å². The largest absolute Gasteiger partial charge is 0.379 e. The Kier molecular flexibility index (Phi) is 4.92. The van der Waals surface area contributed by atoms with Gasteiger partial charge in [-0.05, 0) is 36.6 Å². The van der Waals surface area contributed by atoms with Gasteiger partial charge in [0.05, 0.1) is 13.2 Å². The second kappa shape index (κ2) is 6.89. The van der Waals surface area contributed by atoms with Crippen LogP contribution >= 0.6 is 23.3 Å². The molecule has 21 heavy (non-hydrogen) atoms. The molecule has 0 aliphatic carbocycles. The van der Waals surface area contributed by atoms with E-state index in [2.05, 4.69) is 27.5 Å². The monoisotopic (exact) mass is 321 g/mol. The number of hydrogen-bond acceptors (Lipinski definition) is 6. The van der Waals surface area contributed by atoms with E-state index < -0.39 is 0 Å². The van der Waals surface area contributed by atoms with Crippen LogP contribution in [0.1, 0.15) is 18.5 Å². The van der Waals surface area contributed by atoms with E-state index in [0.717, 1.165) is 36.9 Å². The highest BCUT2D eigenvalue weighted by molar-refractivity contribution is 7.97. The second-order valence-electron chi connectivity index (χ2n) is 5.01. The van der Waals surface area contributed by atoms with Gasteiger partial charge in [-0.2, -0.15) is 0 Å². The Labute approximate surface area is 133 Å². The molecule has 6 heteroatoms. The van der Waals surface area contributed by atoms with Gasteiger partial charge in [-0.3, -0.25) is 0 Å². The standard InChI is InChI=1S/C15H19N3OS2/c1-11(16)12-2-3-14(21-18-5-7-19-8-6-18)13(10-12)15-17-4-9-20-15/h2-4,9-11H,5-8,16H2,1H3. The summed E-state index contributed by atoms with van der Waals surface area (Å²) in [6, 6.07) is 6.48. The number of hydrogen-bond donors (Lipinski definition) is 1. The highest BCUT2D eigenvalue weighted by Crippen LogP contribution is 2.36. The molecule has 1 aliphatic rings. The van der Waals surface area contributed by atoms with Gasteiger partial charge in [0.1, 0.15) is 5.01 Å². The summed E-state index contributed by atoms with van der Waals surface area (Å²) in [4.78, 5) is 5.69. The van der Waals surface area contributed by atoms with Gasteiger partial charge in [0.15, 0.2) is 0 Å². The van der Waals surface area contributed by atoms with Gasteiger partial charge in [-0.25, -0.2) is 9.29 Å². The van der Waals surface area contributed by atoms with Crippen LogP contribution in [0.3, 0.4) is 0 Å². The lowest BCUT2D eigenvalue weighted by molar-refractivity contribution is 0.0773. The number of nitrogens with zero attached hydrogens (tertiary/aromatic N) is 2. The van der Waals surface area contributed by atoms with Crippen molar-refractivity contribution in [2.24, 2.45) is 5.73 Å². The molecule has 2 heterocycles. The molecule has 0 radical (unpaired) electrons. The molecule has 0 spiro atoms. The molecule has 2 N–H and O–H groups in total. The zero-order valence-corrected chi connectivity index (χ0v) is 13.6. The fraction of sp³-hybridized carbons (Fsp3) is 0.400. The SMILES string of the molecule is CC(N)c1ccc(SN2CCOCC2)c(-c2nccs2)c1. The Bertz CT molecular complexity index is 581. The highest BCUT2D eigenvalue weighted by Gasteiger charge is 2.16. The number of thiazole rings is 1. The van der Waals surface area contributed by atoms with Crippen molar-refractivity contribution < 1.29 is 4.74 Å². The predicted octanol–water partition coefficient (Wildman–Crippen LogP) is 3.17. The van der Waals surface area contributed by atoms with Gasteiger partial charge >= 0.3 is 0 Å². The Hall–Kier alpha value is -0.920. The molecule has 112 valence electrons. The van der Waals surface area contributed by atoms with E-state index in [-0.39, 0.29) is 6.04 Å². The lowest BCUT2D eigenvalue weighted by Gasteiger charge is -2.26. The molecule has 1 atom stereocenters. The van der Waals surface area contributed by atoms with E-state index in [0.29, 0.717) is 0 Å². The lowest BCUT2D eigenvalue weighted by atomic mass is 10.1. The van der Waals surface area contributed by atoms with Gasteiger partial charge in [0.2, 0.25) is 0 Å². The minimum Gasteiger partial charge on any atom is -0.379 e. The molecule has 0 amide bonds. The number of benzene rings is 1. The summed E-state index contributed by atoms with van der Waals surface area (Å²) < 4.78 is 7.76. The van der Waals surface area contributed by atoms with Crippen LogP contribution in [0.15, 0.2) is 34.7 Å². The third-order valence-corrected chi connectivity index (χ3v) is 5.37. The summed E-state index contributed by atoms with van der Waals surface area (Å²) in [7, 11) is 0. The van der Waals surface area contributed by atoms with Crippen molar-refractivity contribution in [1.29, 1.82) is 0 Å². The maximum absolute atomic E-state index is 6.02. The third-order valence-electron chi connectivity index (χ3n) is 3.39. The smallest absolute Gasteiger partial charge is 0.124 e. The fourth-order valence-electron chi connectivity index (χ4n) is 2.21. The topological polar surface area (TPSA) is 51.4 Å². The average Bonchev–Trinajstić information content (AvgIpc) is 3.02. The summed E-state index contributed by atoms with van der Waals surface area (Å²) in [5.74, 6) is 0. The number of aromatic nitrogens is 1. The molecule has 1 aromatic carbocycles. The number of nitrogens with two attached hydrogens (primary N) is 1. The highest BCUT2D eigenvalue weighted by atomic mass is 32.2. The maximum atomic E-state index is 6.02. The van der Waals surface area contributed by atoms with Crippen molar-refractivity contribution in [3.63, 3.8) is 0 Å². The Morgan fingerprint density at radius 3 is 2.86 bits per heavy atom.